The van der Waals surface area contributed by atoms with Gasteiger partial charge in [0.05, 0.1) is 0 Å². The Morgan fingerprint density at radius 2 is 1.52 bits per heavy atom. The molecule has 2 aromatic rings. The molecule has 25 heavy (non-hydrogen) atoms. The monoisotopic (exact) mass is 352 g/mol. The highest BCUT2D eigenvalue weighted by Gasteiger charge is 2.22. The number of halogens is 1. The Morgan fingerprint density at radius 3 is 2.24 bits per heavy atom. The third-order valence-corrected chi connectivity index (χ3v) is 5.68. The molecule has 1 aliphatic carbocycles. The zero-order valence-electron chi connectivity index (χ0n) is 14.6. The molecule has 1 aliphatic heterocycles. The van der Waals surface area contributed by atoms with E-state index in [0.717, 1.165) is 37.7 Å². The average molecular weight is 353 g/mol. The Kier molecular flexibility index (Phi) is 5.09. The van der Waals surface area contributed by atoms with Gasteiger partial charge in [0.1, 0.15) is 0 Å². The summed E-state index contributed by atoms with van der Waals surface area (Å²) in [4.78, 5) is 5.12. The van der Waals surface area contributed by atoms with Crippen LogP contribution in [0.25, 0.3) is 5.57 Å². The first-order valence-corrected chi connectivity index (χ1v) is 9.66. The van der Waals surface area contributed by atoms with Gasteiger partial charge in [0.2, 0.25) is 0 Å². The van der Waals surface area contributed by atoms with E-state index < -0.39 is 0 Å². The van der Waals surface area contributed by atoms with Crippen LogP contribution in [0.1, 0.15) is 24.8 Å². The Morgan fingerprint density at radius 1 is 0.800 bits per heavy atom. The van der Waals surface area contributed by atoms with Gasteiger partial charge in [0, 0.05) is 43.4 Å². The highest BCUT2D eigenvalue weighted by atomic mass is 35.5. The van der Waals surface area contributed by atoms with E-state index in [1.807, 2.05) is 12.1 Å². The molecular weight excluding hydrogens is 328 g/mol. The molecule has 0 atom stereocenters. The van der Waals surface area contributed by atoms with Crippen molar-refractivity contribution in [1.29, 1.82) is 0 Å². The third kappa shape index (κ3) is 3.91. The molecule has 2 aromatic carbocycles. The predicted octanol–water partition coefficient (Wildman–Crippen LogP) is 5.10. The van der Waals surface area contributed by atoms with Crippen LogP contribution in [0.3, 0.4) is 0 Å². The average Bonchev–Trinajstić information content (AvgIpc) is 3.12. The van der Waals surface area contributed by atoms with Crippen molar-refractivity contribution >= 4 is 22.9 Å². The number of para-hydroxylation sites is 1. The van der Waals surface area contributed by atoms with Gasteiger partial charge in [0.25, 0.3) is 0 Å². The van der Waals surface area contributed by atoms with Crippen LogP contribution in [0.5, 0.6) is 0 Å². The van der Waals surface area contributed by atoms with Crippen LogP contribution in [-0.4, -0.2) is 37.6 Å². The summed E-state index contributed by atoms with van der Waals surface area (Å²) < 4.78 is 0. The quantitative estimate of drug-likeness (QED) is 0.755. The van der Waals surface area contributed by atoms with E-state index in [1.54, 1.807) is 11.1 Å². The maximum Gasteiger partial charge on any atom is 0.0406 e. The largest absolute Gasteiger partial charge is 0.369 e. The van der Waals surface area contributed by atoms with Crippen molar-refractivity contribution in [3.05, 3.63) is 70.8 Å². The molecule has 2 nitrogen and oxygen atoms in total. The second-order valence-corrected chi connectivity index (χ2v) is 7.48. The molecule has 0 radical (unpaired) electrons. The summed E-state index contributed by atoms with van der Waals surface area (Å²) in [5, 5.41) is 0.820. The second-order valence-electron chi connectivity index (χ2n) is 7.04. The van der Waals surface area contributed by atoms with E-state index in [0.29, 0.717) is 0 Å². The topological polar surface area (TPSA) is 6.48 Å². The Bertz CT molecular complexity index is 728. The van der Waals surface area contributed by atoms with Crippen LogP contribution in [0, 0.1) is 0 Å². The van der Waals surface area contributed by atoms with Crippen LogP contribution in [-0.2, 0) is 0 Å². The summed E-state index contributed by atoms with van der Waals surface area (Å²) in [5.41, 5.74) is 5.90. The van der Waals surface area contributed by atoms with E-state index in [4.69, 9.17) is 11.6 Å². The van der Waals surface area contributed by atoms with Gasteiger partial charge in [-0.1, -0.05) is 47.5 Å². The van der Waals surface area contributed by atoms with E-state index in [1.165, 1.54) is 30.5 Å². The Balaban J connectivity index is 1.40. The molecule has 0 unspecified atom stereocenters. The first-order valence-electron chi connectivity index (χ1n) is 9.29. The fraction of sp³-hybridized carbons (Fsp3) is 0.364. The van der Waals surface area contributed by atoms with Gasteiger partial charge in [-0.2, -0.15) is 0 Å². The zero-order valence-corrected chi connectivity index (χ0v) is 15.4. The predicted molar refractivity (Wildman–Crippen MR) is 107 cm³/mol. The summed E-state index contributed by atoms with van der Waals surface area (Å²) in [6, 6.07) is 19.2. The van der Waals surface area contributed by atoms with Gasteiger partial charge >= 0.3 is 0 Å². The third-order valence-electron chi connectivity index (χ3n) is 5.43. The highest BCUT2D eigenvalue weighted by molar-refractivity contribution is 6.30. The number of piperazine rings is 1. The fourth-order valence-corrected chi connectivity index (χ4v) is 4.18. The normalized spacial score (nSPS) is 18.8. The van der Waals surface area contributed by atoms with Gasteiger partial charge in [-0.3, -0.25) is 4.90 Å². The number of rotatable bonds is 4. The molecule has 0 saturated carbocycles. The molecule has 4 rings (SSSR count). The van der Waals surface area contributed by atoms with Crippen LogP contribution in [0.4, 0.5) is 5.69 Å². The smallest absolute Gasteiger partial charge is 0.0406 e. The van der Waals surface area contributed by atoms with Crippen molar-refractivity contribution in [3.63, 3.8) is 0 Å². The first kappa shape index (κ1) is 16.7. The lowest BCUT2D eigenvalue weighted by molar-refractivity contribution is 0.277. The fourth-order valence-electron chi connectivity index (χ4n) is 4.05. The summed E-state index contributed by atoms with van der Waals surface area (Å²) in [5.74, 6) is 0. The van der Waals surface area contributed by atoms with Crippen molar-refractivity contribution in [2.45, 2.75) is 19.3 Å². The number of anilines is 1. The minimum absolute atomic E-state index is 0.820. The zero-order chi connectivity index (χ0) is 17.1. The van der Waals surface area contributed by atoms with Crippen molar-refractivity contribution in [2.24, 2.45) is 0 Å². The lowest BCUT2D eigenvalue weighted by atomic mass is 10.0. The molecule has 130 valence electrons. The molecule has 1 heterocycles. The van der Waals surface area contributed by atoms with Crippen LogP contribution in [0.15, 0.2) is 60.2 Å². The van der Waals surface area contributed by atoms with Crippen molar-refractivity contribution in [3.8, 4) is 0 Å². The molecule has 0 N–H and O–H groups in total. The summed E-state index contributed by atoms with van der Waals surface area (Å²) in [6.45, 7) is 5.65. The minimum atomic E-state index is 0.820. The molecule has 0 amide bonds. The minimum Gasteiger partial charge on any atom is -0.369 e. The highest BCUT2D eigenvalue weighted by Crippen LogP contribution is 2.35. The number of benzene rings is 2. The number of hydrogen-bond donors (Lipinski definition) is 0. The van der Waals surface area contributed by atoms with Crippen LogP contribution in [0.2, 0.25) is 5.02 Å². The molecule has 1 saturated heterocycles. The molecule has 0 aromatic heterocycles. The van der Waals surface area contributed by atoms with E-state index in [-0.39, 0.29) is 0 Å². The second kappa shape index (κ2) is 7.63. The standard InChI is InChI=1S/C22H25ClN2/c23-20-11-9-18(10-12-20)22-8-4-5-19(22)17-24-13-15-25(16-14-24)21-6-2-1-3-7-21/h1-3,6-7,9-12H,4-5,8,13-17H2. The molecule has 0 bridgehead atoms. The van der Waals surface area contributed by atoms with Gasteiger partial charge < -0.3 is 4.90 Å². The van der Waals surface area contributed by atoms with Crippen molar-refractivity contribution in [2.75, 3.05) is 37.6 Å². The Hall–Kier alpha value is -1.77. The lowest BCUT2D eigenvalue weighted by Gasteiger charge is -2.36. The van der Waals surface area contributed by atoms with Crippen molar-refractivity contribution < 1.29 is 0 Å². The Labute approximate surface area is 155 Å². The molecule has 2 aliphatic rings. The van der Waals surface area contributed by atoms with Crippen LogP contribution >= 0.6 is 11.6 Å². The number of nitrogens with zero attached hydrogens (tertiary/aromatic N) is 2. The molecular formula is C22H25ClN2. The van der Waals surface area contributed by atoms with Crippen LogP contribution < -0.4 is 4.90 Å². The number of allylic oxidation sites excluding steroid dienone is 1. The van der Waals surface area contributed by atoms with Gasteiger partial charge in [-0.15, -0.1) is 0 Å². The SMILES string of the molecule is Clc1ccc(C2=C(CN3CCN(c4ccccc4)CC3)CCC2)cc1. The van der Waals surface area contributed by atoms with E-state index >= 15 is 0 Å². The lowest BCUT2D eigenvalue weighted by Crippen LogP contribution is -2.46. The maximum absolute atomic E-state index is 6.05. The van der Waals surface area contributed by atoms with E-state index in [2.05, 4.69) is 52.3 Å². The summed E-state index contributed by atoms with van der Waals surface area (Å²) >= 11 is 6.05. The van der Waals surface area contributed by atoms with Gasteiger partial charge in [-0.05, 0) is 54.7 Å². The maximum atomic E-state index is 6.05. The summed E-state index contributed by atoms with van der Waals surface area (Å²) in [6.07, 6.45) is 3.75. The van der Waals surface area contributed by atoms with Gasteiger partial charge in [0.15, 0.2) is 0 Å². The van der Waals surface area contributed by atoms with Crippen molar-refractivity contribution in [1.82, 2.24) is 4.90 Å². The molecule has 0 spiro atoms. The number of hydrogen-bond acceptors (Lipinski definition) is 2. The molecule has 1 fully saturated rings. The first-order chi connectivity index (χ1) is 12.3. The summed E-state index contributed by atoms with van der Waals surface area (Å²) in [7, 11) is 0. The molecule has 3 heteroatoms. The van der Waals surface area contributed by atoms with E-state index in [9.17, 15) is 0 Å². The van der Waals surface area contributed by atoms with Gasteiger partial charge in [-0.25, -0.2) is 0 Å².